The summed E-state index contributed by atoms with van der Waals surface area (Å²) in [5, 5.41) is 9.39. The summed E-state index contributed by atoms with van der Waals surface area (Å²) in [6.07, 6.45) is 0. The Morgan fingerprint density at radius 3 is 2.38 bits per heavy atom. The Morgan fingerprint density at radius 2 is 1.71 bits per heavy atom. The van der Waals surface area contributed by atoms with E-state index in [0.29, 0.717) is 53.6 Å². The summed E-state index contributed by atoms with van der Waals surface area (Å²) in [7, 11) is 1.58. The molecule has 34 heavy (non-hydrogen) atoms. The number of ether oxygens (including phenoxy) is 3. The molecular formula is C25H28N2O7. The first kappa shape index (κ1) is 23.6. The van der Waals surface area contributed by atoms with Gasteiger partial charge in [0.2, 0.25) is 11.2 Å². The van der Waals surface area contributed by atoms with E-state index in [4.69, 9.17) is 23.7 Å². The lowest BCUT2D eigenvalue weighted by atomic mass is 10.2. The number of nitrogens with zero attached hydrogens (tertiary/aromatic N) is 2. The average Bonchev–Trinajstić information content (AvgIpc) is 2.86. The van der Waals surface area contributed by atoms with Crippen molar-refractivity contribution in [1.82, 2.24) is 9.80 Å². The average molecular weight is 469 g/mol. The van der Waals surface area contributed by atoms with Gasteiger partial charge >= 0.3 is 0 Å². The zero-order valence-electron chi connectivity index (χ0n) is 19.3. The molecule has 1 saturated heterocycles. The lowest BCUT2D eigenvalue weighted by Gasteiger charge is -2.34. The van der Waals surface area contributed by atoms with E-state index in [1.165, 1.54) is 0 Å². The maximum atomic E-state index is 13.0. The largest absolute Gasteiger partial charge is 0.497 e. The normalized spacial score (nSPS) is 14.3. The first-order valence-corrected chi connectivity index (χ1v) is 11.1. The summed E-state index contributed by atoms with van der Waals surface area (Å²) in [5.41, 5.74) is 0.0603. The molecule has 1 aliphatic rings. The van der Waals surface area contributed by atoms with E-state index in [0.717, 1.165) is 13.1 Å². The van der Waals surface area contributed by atoms with Gasteiger partial charge in [0.25, 0.3) is 5.91 Å². The van der Waals surface area contributed by atoms with Crippen molar-refractivity contribution in [3.8, 4) is 23.0 Å². The van der Waals surface area contributed by atoms with Crippen molar-refractivity contribution < 1.29 is 28.5 Å². The van der Waals surface area contributed by atoms with Crippen molar-refractivity contribution in [2.24, 2.45) is 0 Å². The van der Waals surface area contributed by atoms with Crippen molar-refractivity contribution >= 4 is 16.9 Å². The smallest absolute Gasteiger partial charge is 0.260 e. The number of aliphatic hydroxyl groups is 1. The highest BCUT2D eigenvalue weighted by Crippen LogP contribution is 2.28. The number of benzene rings is 2. The molecule has 4 rings (SSSR count). The second-order valence-corrected chi connectivity index (χ2v) is 7.99. The minimum atomic E-state index is -0.294. The van der Waals surface area contributed by atoms with Gasteiger partial charge in [-0.05, 0) is 43.3 Å². The van der Waals surface area contributed by atoms with Gasteiger partial charge in [-0.1, -0.05) is 0 Å². The van der Waals surface area contributed by atoms with Gasteiger partial charge in [0.05, 0.1) is 19.1 Å². The van der Waals surface area contributed by atoms with E-state index >= 15 is 0 Å². The van der Waals surface area contributed by atoms with Crippen LogP contribution in [0.4, 0.5) is 0 Å². The van der Waals surface area contributed by atoms with E-state index in [1.54, 1.807) is 61.4 Å². The quantitative estimate of drug-likeness (QED) is 0.538. The number of amides is 1. The van der Waals surface area contributed by atoms with Crippen LogP contribution in [0.5, 0.6) is 23.0 Å². The SMILES string of the molecule is COc1ccc(Oc2c(C)oc3cc(OCC(=O)N4CCN(CCO)CC4)ccc3c2=O)cc1. The predicted molar refractivity (Wildman–Crippen MR) is 126 cm³/mol. The van der Waals surface area contributed by atoms with Crippen LogP contribution in [0.25, 0.3) is 11.0 Å². The molecule has 9 heteroatoms. The van der Waals surface area contributed by atoms with Crippen LogP contribution in [0.1, 0.15) is 5.76 Å². The van der Waals surface area contributed by atoms with Crippen LogP contribution in [-0.4, -0.2) is 73.9 Å². The fourth-order valence-corrected chi connectivity index (χ4v) is 3.84. The third kappa shape index (κ3) is 5.32. The van der Waals surface area contributed by atoms with Gasteiger partial charge in [0, 0.05) is 38.8 Å². The molecule has 2 aromatic carbocycles. The lowest BCUT2D eigenvalue weighted by Crippen LogP contribution is -2.50. The summed E-state index contributed by atoms with van der Waals surface area (Å²) in [6.45, 7) is 4.95. The molecule has 0 atom stereocenters. The molecule has 3 aromatic rings. The zero-order chi connectivity index (χ0) is 24.1. The third-order valence-electron chi connectivity index (χ3n) is 5.77. The molecule has 1 N–H and O–H groups in total. The maximum absolute atomic E-state index is 13.0. The van der Waals surface area contributed by atoms with Gasteiger partial charge in [-0.25, -0.2) is 0 Å². The van der Waals surface area contributed by atoms with Gasteiger partial charge < -0.3 is 28.6 Å². The number of hydrogen-bond donors (Lipinski definition) is 1. The fourth-order valence-electron chi connectivity index (χ4n) is 3.84. The maximum Gasteiger partial charge on any atom is 0.260 e. The molecule has 0 radical (unpaired) electrons. The number of piperazine rings is 1. The Morgan fingerprint density at radius 1 is 1.03 bits per heavy atom. The molecular weight excluding hydrogens is 440 g/mol. The number of methoxy groups -OCH3 is 1. The van der Waals surface area contributed by atoms with Gasteiger partial charge in [0.15, 0.2) is 6.61 Å². The van der Waals surface area contributed by atoms with Crippen molar-refractivity contribution in [3.05, 3.63) is 58.4 Å². The first-order valence-electron chi connectivity index (χ1n) is 11.1. The monoisotopic (exact) mass is 468 g/mol. The molecule has 180 valence electrons. The Bertz CT molecular complexity index is 1200. The number of aliphatic hydroxyl groups excluding tert-OH is 1. The van der Waals surface area contributed by atoms with Crippen LogP contribution in [0.15, 0.2) is 51.7 Å². The Kier molecular flexibility index (Phi) is 7.34. The van der Waals surface area contributed by atoms with Crippen molar-refractivity contribution in [2.45, 2.75) is 6.92 Å². The molecule has 1 aromatic heterocycles. The number of aryl methyl sites for hydroxylation is 1. The number of rotatable bonds is 8. The summed E-state index contributed by atoms with van der Waals surface area (Å²) in [5.74, 6) is 1.95. The highest BCUT2D eigenvalue weighted by atomic mass is 16.5. The first-order chi connectivity index (χ1) is 16.5. The van der Waals surface area contributed by atoms with E-state index in [9.17, 15) is 9.59 Å². The van der Waals surface area contributed by atoms with E-state index in [1.807, 2.05) is 0 Å². The van der Waals surface area contributed by atoms with Crippen LogP contribution in [0.3, 0.4) is 0 Å². The van der Waals surface area contributed by atoms with Gasteiger partial charge in [-0.2, -0.15) is 0 Å². The van der Waals surface area contributed by atoms with E-state index < -0.39 is 0 Å². The van der Waals surface area contributed by atoms with E-state index in [2.05, 4.69) is 4.90 Å². The molecule has 1 aliphatic heterocycles. The molecule has 1 amide bonds. The third-order valence-corrected chi connectivity index (χ3v) is 5.77. The zero-order valence-corrected chi connectivity index (χ0v) is 19.3. The van der Waals surface area contributed by atoms with Crippen LogP contribution >= 0.6 is 0 Å². The number of hydrogen-bond acceptors (Lipinski definition) is 8. The highest BCUT2D eigenvalue weighted by Gasteiger charge is 2.21. The second kappa shape index (κ2) is 10.6. The van der Waals surface area contributed by atoms with Gasteiger partial charge in [0.1, 0.15) is 28.6 Å². The summed E-state index contributed by atoms with van der Waals surface area (Å²) >= 11 is 0. The molecule has 0 saturated carbocycles. The Hall–Kier alpha value is -3.56. The van der Waals surface area contributed by atoms with Crippen LogP contribution in [0, 0.1) is 6.92 Å². The predicted octanol–water partition coefficient (Wildman–Crippen LogP) is 2.42. The second-order valence-electron chi connectivity index (χ2n) is 7.99. The minimum Gasteiger partial charge on any atom is -0.497 e. The molecule has 0 aliphatic carbocycles. The van der Waals surface area contributed by atoms with E-state index in [-0.39, 0.29) is 30.3 Å². The minimum absolute atomic E-state index is 0.104. The molecule has 0 unspecified atom stereocenters. The molecule has 0 bridgehead atoms. The number of β-amino-alcohol motifs (C(OH)–C–C–N with tert-alkyl or cyclic N) is 1. The molecule has 9 nitrogen and oxygen atoms in total. The van der Waals surface area contributed by atoms with Crippen molar-refractivity contribution in [3.63, 3.8) is 0 Å². The summed E-state index contributed by atoms with van der Waals surface area (Å²) in [4.78, 5) is 29.4. The van der Waals surface area contributed by atoms with Crippen LogP contribution in [-0.2, 0) is 4.79 Å². The Balaban J connectivity index is 1.43. The number of carbonyl (C=O) groups excluding carboxylic acids is 1. The summed E-state index contributed by atoms with van der Waals surface area (Å²) < 4.78 is 22.4. The number of fused-ring (bicyclic) bond motifs is 1. The van der Waals surface area contributed by atoms with Gasteiger partial charge in [-0.3, -0.25) is 14.5 Å². The fraction of sp³-hybridized carbons (Fsp3) is 0.360. The van der Waals surface area contributed by atoms with Crippen LogP contribution < -0.4 is 19.6 Å². The van der Waals surface area contributed by atoms with Crippen molar-refractivity contribution in [2.75, 3.05) is 53.0 Å². The molecule has 0 spiro atoms. The Labute approximate surface area is 197 Å². The number of carbonyl (C=O) groups is 1. The lowest BCUT2D eigenvalue weighted by molar-refractivity contribution is -0.135. The van der Waals surface area contributed by atoms with Gasteiger partial charge in [-0.15, -0.1) is 0 Å². The standard InChI is InChI=1S/C25H28N2O7/c1-17-25(34-19-5-3-18(31-2)4-6-19)24(30)21-8-7-20(15-22(21)33-17)32-16-23(29)27-11-9-26(10-12-27)13-14-28/h3-8,15,28H,9-14,16H2,1-2H3. The molecule has 2 heterocycles. The van der Waals surface area contributed by atoms with Crippen molar-refractivity contribution in [1.29, 1.82) is 0 Å². The molecule has 1 fully saturated rings. The van der Waals surface area contributed by atoms with Crippen LogP contribution in [0.2, 0.25) is 0 Å². The summed E-state index contributed by atoms with van der Waals surface area (Å²) in [6, 6.07) is 11.8. The topological polar surface area (TPSA) is 102 Å². The highest BCUT2D eigenvalue weighted by molar-refractivity contribution is 5.80.